The molecule has 3 atom stereocenters. The topological polar surface area (TPSA) is 51.8 Å². The van der Waals surface area contributed by atoms with E-state index in [1.165, 1.54) is 19.3 Å². The Labute approximate surface area is 132 Å². The van der Waals surface area contributed by atoms with Gasteiger partial charge >= 0.3 is 0 Å². The van der Waals surface area contributed by atoms with Gasteiger partial charge in [-0.05, 0) is 18.8 Å². The molecule has 122 valence electrons. The van der Waals surface area contributed by atoms with Crippen molar-refractivity contribution in [1.82, 2.24) is 5.32 Å². The summed E-state index contributed by atoms with van der Waals surface area (Å²) in [6, 6.07) is 6.89. The molecule has 1 aromatic carbocycles. The highest BCUT2D eigenvalue weighted by atomic mass is 16.5. The smallest absolute Gasteiger partial charge is 0.124 e. The van der Waals surface area contributed by atoms with Gasteiger partial charge in [0.25, 0.3) is 0 Å². The first kappa shape index (κ1) is 15.4. The molecule has 2 fully saturated rings. The van der Waals surface area contributed by atoms with Crippen molar-refractivity contribution in [3.05, 3.63) is 18.2 Å². The molecule has 22 heavy (non-hydrogen) atoms. The Morgan fingerprint density at radius 1 is 1.14 bits per heavy atom. The second-order valence-corrected chi connectivity index (χ2v) is 6.08. The largest absolute Gasteiger partial charge is 0.497 e. The fourth-order valence-corrected chi connectivity index (χ4v) is 3.62. The molecule has 1 saturated heterocycles. The predicted octanol–water partition coefficient (Wildman–Crippen LogP) is 2.27. The van der Waals surface area contributed by atoms with Crippen LogP contribution in [0.2, 0.25) is 0 Å². The summed E-state index contributed by atoms with van der Waals surface area (Å²) in [5, 5.41) is 7.29. The summed E-state index contributed by atoms with van der Waals surface area (Å²) in [6.45, 7) is 2.61. The molecule has 0 radical (unpaired) electrons. The van der Waals surface area contributed by atoms with Crippen molar-refractivity contribution in [2.45, 2.75) is 31.3 Å². The Kier molecular flexibility index (Phi) is 5.05. The van der Waals surface area contributed by atoms with Crippen molar-refractivity contribution in [1.29, 1.82) is 0 Å². The van der Waals surface area contributed by atoms with Crippen LogP contribution in [0.15, 0.2) is 18.2 Å². The SMILES string of the molecule is COc1cc(NC2CCCC2C2COCCN2)cc(OC)c1. The molecule has 2 aliphatic rings. The molecule has 0 aromatic heterocycles. The molecule has 5 nitrogen and oxygen atoms in total. The highest BCUT2D eigenvalue weighted by molar-refractivity contribution is 5.54. The minimum Gasteiger partial charge on any atom is -0.497 e. The summed E-state index contributed by atoms with van der Waals surface area (Å²) < 4.78 is 16.3. The second-order valence-electron chi connectivity index (χ2n) is 6.08. The first-order valence-corrected chi connectivity index (χ1v) is 8.11. The van der Waals surface area contributed by atoms with E-state index in [0.29, 0.717) is 18.0 Å². The number of benzene rings is 1. The molecular formula is C17H26N2O3. The van der Waals surface area contributed by atoms with Crippen LogP contribution in [-0.4, -0.2) is 46.1 Å². The van der Waals surface area contributed by atoms with E-state index >= 15 is 0 Å². The molecule has 0 amide bonds. The van der Waals surface area contributed by atoms with E-state index in [1.54, 1.807) is 14.2 Å². The number of nitrogens with one attached hydrogen (secondary N) is 2. The number of hydrogen-bond donors (Lipinski definition) is 2. The molecule has 2 N–H and O–H groups in total. The molecule has 1 saturated carbocycles. The highest BCUT2D eigenvalue weighted by Gasteiger charge is 2.34. The van der Waals surface area contributed by atoms with E-state index < -0.39 is 0 Å². The van der Waals surface area contributed by atoms with Gasteiger partial charge in [0.15, 0.2) is 0 Å². The first-order chi connectivity index (χ1) is 10.8. The van der Waals surface area contributed by atoms with Crippen molar-refractivity contribution in [2.24, 2.45) is 5.92 Å². The fraction of sp³-hybridized carbons (Fsp3) is 0.647. The Morgan fingerprint density at radius 2 is 1.91 bits per heavy atom. The summed E-state index contributed by atoms with van der Waals surface area (Å²) in [6.07, 6.45) is 3.71. The van der Waals surface area contributed by atoms with E-state index in [9.17, 15) is 0 Å². The van der Waals surface area contributed by atoms with Crippen molar-refractivity contribution in [2.75, 3.05) is 39.3 Å². The lowest BCUT2D eigenvalue weighted by Gasteiger charge is -2.33. The molecule has 3 unspecified atom stereocenters. The maximum absolute atomic E-state index is 5.64. The van der Waals surface area contributed by atoms with Crippen LogP contribution in [0.1, 0.15) is 19.3 Å². The van der Waals surface area contributed by atoms with E-state index in [4.69, 9.17) is 14.2 Å². The maximum Gasteiger partial charge on any atom is 0.124 e. The minimum absolute atomic E-state index is 0.459. The van der Waals surface area contributed by atoms with Gasteiger partial charge in [0.2, 0.25) is 0 Å². The Morgan fingerprint density at radius 3 is 2.55 bits per heavy atom. The van der Waals surface area contributed by atoms with Gasteiger partial charge in [-0.15, -0.1) is 0 Å². The molecule has 1 aliphatic heterocycles. The van der Waals surface area contributed by atoms with Gasteiger partial charge in [0.05, 0.1) is 27.4 Å². The van der Waals surface area contributed by atoms with Crippen LogP contribution in [0.4, 0.5) is 5.69 Å². The average Bonchev–Trinajstić information content (AvgIpc) is 3.03. The standard InChI is InChI=1S/C17H26N2O3/c1-20-13-8-12(9-14(10-13)21-2)19-16-5-3-4-15(16)17-11-22-7-6-18-17/h8-10,15-19H,3-7,11H2,1-2H3. The van der Waals surface area contributed by atoms with Crippen molar-refractivity contribution >= 4 is 5.69 Å². The molecule has 1 aliphatic carbocycles. The van der Waals surface area contributed by atoms with Crippen LogP contribution in [-0.2, 0) is 4.74 Å². The quantitative estimate of drug-likeness (QED) is 0.874. The minimum atomic E-state index is 0.459. The van der Waals surface area contributed by atoms with Gasteiger partial charge in [-0.2, -0.15) is 0 Å². The zero-order chi connectivity index (χ0) is 15.4. The maximum atomic E-state index is 5.64. The lowest BCUT2D eigenvalue weighted by molar-refractivity contribution is 0.0559. The summed E-state index contributed by atoms with van der Waals surface area (Å²) in [5.41, 5.74) is 1.06. The number of rotatable bonds is 5. The number of morpholine rings is 1. The van der Waals surface area contributed by atoms with Gasteiger partial charge in [-0.25, -0.2) is 0 Å². The normalized spacial score (nSPS) is 28.4. The molecule has 3 rings (SSSR count). The first-order valence-electron chi connectivity index (χ1n) is 8.11. The predicted molar refractivity (Wildman–Crippen MR) is 86.9 cm³/mol. The third-order valence-corrected chi connectivity index (χ3v) is 4.74. The van der Waals surface area contributed by atoms with Crippen molar-refractivity contribution in [3.8, 4) is 11.5 Å². The van der Waals surface area contributed by atoms with E-state index in [0.717, 1.165) is 36.9 Å². The van der Waals surface area contributed by atoms with Crippen molar-refractivity contribution in [3.63, 3.8) is 0 Å². The molecule has 5 heteroatoms. The van der Waals surface area contributed by atoms with Gasteiger partial charge in [0, 0.05) is 42.5 Å². The van der Waals surface area contributed by atoms with Crippen LogP contribution in [0.5, 0.6) is 11.5 Å². The third kappa shape index (κ3) is 3.47. The second kappa shape index (κ2) is 7.20. The number of hydrogen-bond acceptors (Lipinski definition) is 5. The lowest BCUT2D eigenvalue weighted by atomic mass is 9.94. The molecule has 1 heterocycles. The lowest BCUT2D eigenvalue weighted by Crippen LogP contribution is -2.49. The van der Waals surface area contributed by atoms with Crippen LogP contribution in [0.3, 0.4) is 0 Å². The third-order valence-electron chi connectivity index (χ3n) is 4.74. The van der Waals surface area contributed by atoms with Crippen LogP contribution in [0.25, 0.3) is 0 Å². The van der Waals surface area contributed by atoms with E-state index in [1.807, 2.05) is 18.2 Å². The summed E-state index contributed by atoms with van der Waals surface area (Å²) >= 11 is 0. The van der Waals surface area contributed by atoms with Gasteiger partial charge < -0.3 is 24.8 Å². The zero-order valence-electron chi connectivity index (χ0n) is 13.4. The summed E-state index contributed by atoms with van der Waals surface area (Å²) in [4.78, 5) is 0. The number of anilines is 1. The Balaban J connectivity index is 1.71. The van der Waals surface area contributed by atoms with Gasteiger partial charge in [0.1, 0.15) is 11.5 Å². The molecular weight excluding hydrogens is 280 g/mol. The van der Waals surface area contributed by atoms with Gasteiger partial charge in [-0.3, -0.25) is 0 Å². The number of methoxy groups -OCH3 is 2. The molecule has 1 aromatic rings. The van der Waals surface area contributed by atoms with Crippen molar-refractivity contribution < 1.29 is 14.2 Å². The molecule has 0 spiro atoms. The van der Waals surface area contributed by atoms with Crippen LogP contribution >= 0.6 is 0 Å². The highest BCUT2D eigenvalue weighted by Crippen LogP contribution is 2.34. The van der Waals surface area contributed by atoms with E-state index in [2.05, 4.69) is 10.6 Å². The summed E-state index contributed by atoms with van der Waals surface area (Å²) in [5.74, 6) is 2.24. The zero-order valence-corrected chi connectivity index (χ0v) is 13.4. The average molecular weight is 306 g/mol. The van der Waals surface area contributed by atoms with Crippen LogP contribution < -0.4 is 20.1 Å². The Bertz CT molecular complexity index is 467. The monoisotopic (exact) mass is 306 g/mol. The van der Waals surface area contributed by atoms with E-state index in [-0.39, 0.29) is 0 Å². The van der Waals surface area contributed by atoms with Gasteiger partial charge in [-0.1, -0.05) is 6.42 Å². The number of ether oxygens (including phenoxy) is 3. The molecule has 0 bridgehead atoms. The van der Waals surface area contributed by atoms with Crippen LogP contribution in [0, 0.1) is 5.92 Å². The summed E-state index contributed by atoms with van der Waals surface area (Å²) in [7, 11) is 3.36. The Hall–Kier alpha value is -1.46. The fourth-order valence-electron chi connectivity index (χ4n) is 3.62.